The number of likely N-dealkylation sites (tertiary alicyclic amines) is 1. The lowest BCUT2D eigenvalue weighted by Crippen LogP contribution is -2.59. The molecule has 3 saturated heterocycles. The molecule has 3 aliphatic heterocycles. The van der Waals surface area contributed by atoms with Crippen molar-refractivity contribution in [1.29, 1.82) is 0 Å². The van der Waals surface area contributed by atoms with Gasteiger partial charge in [-0.05, 0) is 40.5 Å². The minimum absolute atomic E-state index is 0.00272. The number of carbonyl (C=O) groups is 3. The van der Waals surface area contributed by atoms with E-state index in [0.717, 1.165) is 6.42 Å². The number of hydrogen-bond donors (Lipinski definition) is 1. The fourth-order valence-corrected chi connectivity index (χ4v) is 7.46. The standard InChI is InChI=1S/C21H32N2O5S/c1-6-10-23(20(3,4)5)18(26)16-21-9-8-13(29-21)14(19(27)28-7-2)15(21)17(25)22(16)11-12-24/h6,13-16,24H,1,7-12H2,2-5H3/t13-,14+,15-,16?,21?/m0/s1. The van der Waals surface area contributed by atoms with Crippen molar-refractivity contribution in [1.82, 2.24) is 9.80 Å². The topological polar surface area (TPSA) is 87.2 Å². The van der Waals surface area contributed by atoms with E-state index >= 15 is 0 Å². The van der Waals surface area contributed by atoms with E-state index in [4.69, 9.17) is 4.74 Å². The number of ether oxygens (including phenoxy) is 1. The van der Waals surface area contributed by atoms with Crippen LogP contribution in [0.25, 0.3) is 0 Å². The monoisotopic (exact) mass is 424 g/mol. The lowest BCUT2D eigenvalue weighted by Gasteiger charge is -2.42. The summed E-state index contributed by atoms with van der Waals surface area (Å²) in [5, 5.41) is 9.60. The zero-order valence-corrected chi connectivity index (χ0v) is 18.5. The highest BCUT2D eigenvalue weighted by molar-refractivity contribution is 8.02. The third-order valence-electron chi connectivity index (χ3n) is 6.32. The second kappa shape index (κ2) is 7.95. The predicted molar refractivity (Wildman–Crippen MR) is 111 cm³/mol. The van der Waals surface area contributed by atoms with E-state index in [9.17, 15) is 19.5 Å². The second-order valence-electron chi connectivity index (χ2n) is 8.97. The minimum Gasteiger partial charge on any atom is -0.466 e. The maximum Gasteiger partial charge on any atom is 0.310 e. The first-order chi connectivity index (χ1) is 13.6. The van der Waals surface area contributed by atoms with Gasteiger partial charge in [0, 0.05) is 23.9 Å². The average Bonchev–Trinajstić information content (AvgIpc) is 3.27. The first-order valence-corrected chi connectivity index (χ1v) is 11.2. The summed E-state index contributed by atoms with van der Waals surface area (Å²) in [7, 11) is 0. The van der Waals surface area contributed by atoms with Crippen molar-refractivity contribution < 1.29 is 24.2 Å². The number of carbonyl (C=O) groups excluding carboxylic acids is 3. The quantitative estimate of drug-likeness (QED) is 0.492. The molecule has 3 heterocycles. The molecule has 0 aromatic carbocycles. The molecule has 2 amide bonds. The lowest BCUT2D eigenvalue weighted by molar-refractivity contribution is -0.153. The number of aliphatic hydroxyl groups is 1. The number of rotatable bonds is 7. The maximum absolute atomic E-state index is 13.8. The van der Waals surface area contributed by atoms with Gasteiger partial charge in [0.15, 0.2) is 0 Å². The fourth-order valence-electron chi connectivity index (χ4n) is 5.26. The van der Waals surface area contributed by atoms with Crippen LogP contribution in [0.3, 0.4) is 0 Å². The van der Waals surface area contributed by atoms with Crippen LogP contribution in [0, 0.1) is 11.8 Å². The van der Waals surface area contributed by atoms with Crippen LogP contribution in [-0.4, -0.2) is 80.6 Å². The van der Waals surface area contributed by atoms with E-state index in [0.29, 0.717) is 13.0 Å². The number of hydrogen-bond acceptors (Lipinski definition) is 6. The first kappa shape index (κ1) is 22.2. The summed E-state index contributed by atoms with van der Waals surface area (Å²) in [6, 6.07) is -0.694. The first-order valence-electron chi connectivity index (χ1n) is 10.3. The molecule has 0 aromatic heterocycles. The summed E-state index contributed by atoms with van der Waals surface area (Å²) in [5.41, 5.74) is -0.449. The van der Waals surface area contributed by atoms with Gasteiger partial charge in [0.1, 0.15) is 6.04 Å². The number of β-amino-alcohol motifs (C(OH)–C–C–N with tert-alkyl or cyclic N) is 1. The van der Waals surface area contributed by atoms with Gasteiger partial charge in [-0.1, -0.05) is 6.08 Å². The molecule has 3 aliphatic rings. The number of fused-ring (bicyclic) bond motifs is 1. The van der Waals surface area contributed by atoms with Crippen LogP contribution >= 0.6 is 11.8 Å². The molecule has 1 N–H and O–H groups in total. The van der Waals surface area contributed by atoms with Gasteiger partial charge >= 0.3 is 5.97 Å². The third kappa shape index (κ3) is 3.38. The van der Waals surface area contributed by atoms with Crippen molar-refractivity contribution in [2.45, 2.75) is 62.1 Å². The van der Waals surface area contributed by atoms with Crippen molar-refractivity contribution in [3.8, 4) is 0 Å². The number of aliphatic hydroxyl groups excluding tert-OH is 1. The molecule has 1 spiro atoms. The van der Waals surface area contributed by atoms with Gasteiger partial charge in [0.2, 0.25) is 11.8 Å². The molecule has 3 fully saturated rings. The van der Waals surface area contributed by atoms with Crippen molar-refractivity contribution in [2.75, 3.05) is 26.3 Å². The molecular formula is C21H32N2O5S. The number of nitrogens with zero attached hydrogens (tertiary/aromatic N) is 2. The van der Waals surface area contributed by atoms with Crippen molar-refractivity contribution >= 4 is 29.5 Å². The normalized spacial score (nSPS) is 33.0. The van der Waals surface area contributed by atoms with Crippen LogP contribution < -0.4 is 0 Å². The smallest absolute Gasteiger partial charge is 0.310 e. The molecule has 0 aliphatic carbocycles. The number of esters is 1. The minimum atomic E-state index is -0.694. The number of thioether (sulfide) groups is 1. The molecule has 3 rings (SSSR count). The fraction of sp³-hybridized carbons (Fsp3) is 0.762. The second-order valence-corrected chi connectivity index (χ2v) is 10.6. The summed E-state index contributed by atoms with van der Waals surface area (Å²) in [6.45, 7) is 11.9. The molecule has 5 atom stereocenters. The van der Waals surface area contributed by atoms with E-state index in [1.165, 1.54) is 4.90 Å². The summed E-state index contributed by atoms with van der Waals surface area (Å²) < 4.78 is 4.64. The molecule has 7 nitrogen and oxygen atoms in total. The van der Waals surface area contributed by atoms with Crippen LogP contribution in [0.5, 0.6) is 0 Å². The summed E-state index contributed by atoms with van der Waals surface area (Å²) >= 11 is 1.61. The van der Waals surface area contributed by atoms with Crippen molar-refractivity contribution in [2.24, 2.45) is 11.8 Å². The molecular weight excluding hydrogens is 392 g/mol. The Balaban J connectivity index is 2.04. The Morgan fingerprint density at radius 1 is 1.45 bits per heavy atom. The molecule has 29 heavy (non-hydrogen) atoms. The third-order valence-corrected chi connectivity index (χ3v) is 8.27. The van der Waals surface area contributed by atoms with Crippen LogP contribution in [0.15, 0.2) is 12.7 Å². The Bertz CT molecular complexity index is 706. The largest absolute Gasteiger partial charge is 0.466 e. The zero-order chi connectivity index (χ0) is 21.6. The van der Waals surface area contributed by atoms with Crippen molar-refractivity contribution in [3.63, 3.8) is 0 Å². The highest BCUT2D eigenvalue weighted by Gasteiger charge is 2.74. The Morgan fingerprint density at radius 3 is 2.69 bits per heavy atom. The molecule has 2 unspecified atom stereocenters. The predicted octanol–water partition coefficient (Wildman–Crippen LogP) is 1.45. The molecule has 2 bridgehead atoms. The highest BCUT2D eigenvalue weighted by atomic mass is 32.2. The molecule has 162 valence electrons. The van der Waals surface area contributed by atoms with Crippen LogP contribution in [-0.2, 0) is 19.1 Å². The Morgan fingerprint density at radius 2 is 2.14 bits per heavy atom. The van der Waals surface area contributed by atoms with Gasteiger partial charge in [0.25, 0.3) is 0 Å². The van der Waals surface area contributed by atoms with Crippen LogP contribution in [0.4, 0.5) is 0 Å². The highest BCUT2D eigenvalue weighted by Crippen LogP contribution is 2.66. The van der Waals surface area contributed by atoms with E-state index in [2.05, 4.69) is 6.58 Å². The molecule has 0 radical (unpaired) electrons. The maximum atomic E-state index is 13.8. The SMILES string of the molecule is C=CCN(C(=O)C1N(CCO)C(=O)[C@@H]2[C@H](C(=O)OCC)[C@@H]3CCC12S3)C(C)(C)C. The molecule has 0 aromatic rings. The van der Waals surface area contributed by atoms with E-state index in [1.807, 2.05) is 20.8 Å². The lowest BCUT2D eigenvalue weighted by atomic mass is 9.71. The van der Waals surface area contributed by atoms with Gasteiger partial charge in [-0.15, -0.1) is 18.3 Å². The van der Waals surface area contributed by atoms with Crippen LogP contribution in [0.1, 0.15) is 40.5 Å². The average molecular weight is 425 g/mol. The Kier molecular flexibility index (Phi) is 6.07. The molecule has 8 heteroatoms. The summed E-state index contributed by atoms with van der Waals surface area (Å²) in [4.78, 5) is 43.2. The van der Waals surface area contributed by atoms with Gasteiger partial charge in [-0.25, -0.2) is 0 Å². The van der Waals surface area contributed by atoms with Gasteiger partial charge in [0.05, 0.1) is 29.8 Å². The Labute approximate surface area is 176 Å². The zero-order valence-electron chi connectivity index (χ0n) is 17.7. The summed E-state index contributed by atoms with van der Waals surface area (Å²) in [5.74, 6) is -1.79. The van der Waals surface area contributed by atoms with E-state index in [1.54, 1.807) is 29.7 Å². The Hall–Kier alpha value is -1.54. The molecule has 0 saturated carbocycles. The van der Waals surface area contributed by atoms with E-state index < -0.39 is 28.2 Å². The van der Waals surface area contributed by atoms with Crippen LogP contribution in [0.2, 0.25) is 0 Å². The summed E-state index contributed by atoms with van der Waals surface area (Å²) in [6.07, 6.45) is 3.18. The number of amides is 2. The van der Waals surface area contributed by atoms with Gasteiger partial charge in [-0.3, -0.25) is 14.4 Å². The van der Waals surface area contributed by atoms with Gasteiger partial charge < -0.3 is 19.6 Å². The van der Waals surface area contributed by atoms with Crippen molar-refractivity contribution in [3.05, 3.63) is 12.7 Å². The van der Waals surface area contributed by atoms with E-state index in [-0.39, 0.29) is 42.8 Å². The van der Waals surface area contributed by atoms with Gasteiger partial charge in [-0.2, -0.15) is 0 Å².